The number of pyridine rings is 1. The lowest BCUT2D eigenvalue weighted by Crippen LogP contribution is -2.09. The van der Waals surface area contributed by atoms with Crippen molar-refractivity contribution >= 4 is 21.3 Å². The number of aromatic nitrogens is 1. The predicted octanol–water partition coefficient (Wildman–Crippen LogP) is 1.87. The van der Waals surface area contributed by atoms with Gasteiger partial charge in [0.25, 0.3) is 10.1 Å². The van der Waals surface area contributed by atoms with Gasteiger partial charge in [0.2, 0.25) is 10.9 Å². The molecule has 1 atom stereocenters. The van der Waals surface area contributed by atoms with Crippen LogP contribution in [0.5, 0.6) is 5.88 Å². The highest BCUT2D eigenvalue weighted by Gasteiger charge is 2.16. The van der Waals surface area contributed by atoms with Gasteiger partial charge in [-0.25, -0.2) is 4.39 Å². The fourth-order valence-electron chi connectivity index (χ4n) is 0.912. The Kier molecular flexibility index (Phi) is 8.32. The van der Waals surface area contributed by atoms with Gasteiger partial charge in [-0.1, -0.05) is 6.07 Å². The van der Waals surface area contributed by atoms with Crippen LogP contribution in [0.4, 0.5) is 13.2 Å². The second-order valence-electron chi connectivity index (χ2n) is 3.53. The first-order chi connectivity index (χ1) is 9.50. The van der Waals surface area contributed by atoms with E-state index in [0.717, 1.165) is 0 Å². The fraction of sp³-hybridized carbons (Fsp3) is 0.300. The van der Waals surface area contributed by atoms with Crippen LogP contribution >= 0.6 is 0 Å². The molecule has 0 radical (unpaired) electrons. The van der Waals surface area contributed by atoms with Crippen molar-refractivity contribution in [2.24, 2.45) is 0 Å². The van der Waals surface area contributed by atoms with E-state index in [-0.39, 0.29) is 16.7 Å². The van der Waals surface area contributed by atoms with Crippen molar-refractivity contribution in [3.63, 3.8) is 0 Å². The van der Waals surface area contributed by atoms with E-state index in [9.17, 15) is 26.1 Å². The summed E-state index contributed by atoms with van der Waals surface area (Å²) in [6.07, 6.45) is -2.31. The average molecular weight is 347 g/mol. The van der Waals surface area contributed by atoms with E-state index in [1.807, 2.05) is 0 Å². The third kappa shape index (κ3) is 11.1. The lowest BCUT2D eigenvalue weighted by Gasteiger charge is -2.08. The first kappa shape index (κ1) is 19.7. The molecular weight excluding hydrogens is 335 g/mol. The lowest BCUT2D eigenvalue weighted by molar-refractivity contribution is 0.373. The molecule has 0 amide bonds. The number of hydrogen-bond donors (Lipinski definition) is 2. The standard InChI is InChI=1S/C9H8F3NO2S.CH4O3S/c10-6(9(11)12)4-5-16(15)8-3-1-2-7(14)13-8;1-5(2,3)4/h1-3H,4-5H2,(H,13,14);1H3,(H,2,3,4). The molecule has 120 valence electrons. The number of nitrogens with zero attached hydrogens (tertiary/aromatic N) is 1. The van der Waals surface area contributed by atoms with Crippen LogP contribution in [0.3, 0.4) is 0 Å². The third-order valence-electron chi connectivity index (χ3n) is 1.65. The maximum atomic E-state index is 12.4. The van der Waals surface area contributed by atoms with Gasteiger partial charge >= 0.3 is 6.08 Å². The Morgan fingerprint density at radius 3 is 2.33 bits per heavy atom. The molecule has 1 unspecified atom stereocenters. The van der Waals surface area contributed by atoms with Crippen molar-refractivity contribution in [3.05, 3.63) is 30.1 Å². The molecular formula is C10H12F3NO5S2. The summed E-state index contributed by atoms with van der Waals surface area (Å²) in [5.41, 5.74) is 0. The highest BCUT2D eigenvalue weighted by Crippen LogP contribution is 2.18. The number of halogens is 3. The van der Waals surface area contributed by atoms with Gasteiger partial charge in [-0.2, -0.15) is 22.2 Å². The van der Waals surface area contributed by atoms with Crippen LogP contribution in [0.25, 0.3) is 0 Å². The first-order valence-corrected chi connectivity index (χ1v) is 8.34. The highest BCUT2D eigenvalue weighted by molar-refractivity contribution is 7.91. The minimum absolute atomic E-state index is 0.0343. The average Bonchev–Trinajstić information content (AvgIpc) is 2.33. The van der Waals surface area contributed by atoms with Crippen LogP contribution in [-0.4, -0.2) is 39.6 Å². The summed E-state index contributed by atoms with van der Waals surface area (Å²) in [5, 5.41) is 9.01. The molecule has 0 aliphatic heterocycles. The van der Waals surface area contributed by atoms with Crippen LogP contribution in [-0.2, 0) is 21.3 Å². The van der Waals surface area contributed by atoms with Crippen molar-refractivity contribution in [1.29, 1.82) is 0 Å². The van der Waals surface area contributed by atoms with Gasteiger partial charge in [0, 0.05) is 23.3 Å². The molecule has 1 aromatic rings. The van der Waals surface area contributed by atoms with E-state index in [1.165, 1.54) is 18.2 Å². The second kappa shape index (κ2) is 8.87. The van der Waals surface area contributed by atoms with Gasteiger partial charge in [0.1, 0.15) is 5.75 Å². The van der Waals surface area contributed by atoms with Crippen LogP contribution in [0.15, 0.2) is 35.1 Å². The Bertz CT molecular complexity index is 582. The van der Waals surface area contributed by atoms with E-state index in [2.05, 4.69) is 4.98 Å². The molecule has 0 fully saturated rings. The van der Waals surface area contributed by atoms with E-state index < -0.39 is 39.6 Å². The smallest absolute Gasteiger partial charge is 0.301 e. The van der Waals surface area contributed by atoms with Crippen molar-refractivity contribution in [3.8, 4) is 5.88 Å². The van der Waals surface area contributed by atoms with Crippen molar-refractivity contribution in [2.45, 2.75) is 11.4 Å². The summed E-state index contributed by atoms with van der Waals surface area (Å²) in [5.74, 6) is -2.20. The van der Waals surface area contributed by atoms with Gasteiger partial charge in [-0.05, 0) is 0 Å². The Morgan fingerprint density at radius 2 is 1.90 bits per heavy atom. The Morgan fingerprint density at radius 1 is 1.38 bits per heavy atom. The molecule has 0 aliphatic carbocycles. The summed E-state index contributed by atoms with van der Waals surface area (Å²) in [7, 11) is -3.67. The van der Waals surface area contributed by atoms with Gasteiger partial charge in [-0.15, -0.1) is 0 Å². The van der Waals surface area contributed by atoms with Gasteiger partial charge in [-0.3, -0.25) is 4.55 Å². The summed E-state index contributed by atoms with van der Waals surface area (Å²) < 4.78 is 73.1. The van der Waals surface area contributed by atoms with E-state index >= 15 is 0 Å². The SMILES string of the molecule is CS(=O)(=O)O.[O-][S+](CCC(F)=C(F)F)c1cccc(O)n1. The van der Waals surface area contributed by atoms with Gasteiger partial charge < -0.3 is 9.66 Å². The topological polar surface area (TPSA) is 111 Å². The van der Waals surface area contributed by atoms with Crippen LogP contribution in [0.2, 0.25) is 0 Å². The molecule has 1 aromatic heterocycles. The minimum Gasteiger partial charge on any atom is -0.610 e. The number of hydrogen-bond acceptors (Lipinski definition) is 5. The third-order valence-corrected chi connectivity index (χ3v) is 2.92. The molecule has 0 aliphatic rings. The van der Waals surface area contributed by atoms with Crippen molar-refractivity contribution in [1.82, 2.24) is 4.98 Å². The molecule has 11 heteroatoms. The zero-order valence-electron chi connectivity index (χ0n) is 10.7. The molecule has 0 saturated carbocycles. The first-order valence-electron chi connectivity index (χ1n) is 5.17. The van der Waals surface area contributed by atoms with Gasteiger partial charge in [0.05, 0.1) is 12.7 Å². The van der Waals surface area contributed by atoms with Crippen molar-refractivity contribution in [2.75, 3.05) is 12.0 Å². The van der Waals surface area contributed by atoms with Crippen LogP contribution < -0.4 is 0 Å². The zero-order valence-corrected chi connectivity index (χ0v) is 12.3. The molecule has 21 heavy (non-hydrogen) atoms. The maximum Gasteiger partial charge on any atom is 0.301 e. The van der Waals surface area contributed by atoms with Crippen molar-refractivity contribution < 1.29 is 35.8 Å². The highest BCUT2D eigenvalue weighted by atomic mass is 32.2. The molecule has 0 bridgehead atoms. The molecule has 0 spiro atoms. The largest absolute Gasteiger partial charge is 0.610 e. The number of allylic oxidation sites excluding steroid dienone is 1. The Balaban J connectivity index is 0.000000690. The van der Waals surface area contributed by atoms with Crippen LogP contribution in [0, 0.1) is 0 Å². The molecule has 6 nitrogen and oxygen atoms in total. The summed E-state index contributed by atoms with van der Waals surface area (Å²) in [6, 6.07) is 4.06. The normalized spacial score (nSPS) is 12.1. The molecule has 1 rings (SSSR count). The monoisotopic (exact) mass is 347 g/mol. The lowest BCUT2D eigenvalue weighted by atomic mass is 10.4. The molecule has 0 saturated heterocycles. The fourth-order valence-corrected chi connectivity index (χ4v) is 1.91. The summed E-state index contributed by atoms with van der Waals surface area (Å²) in [6.45, 7) is 0. The minimum atomic E-state index is -3.67. The van der Waals surface area contributed by atoms with E-state index in [4.69, 9.17) is 9.66 Å². The quantitative estimate of drug-likeness (QED) is 0.635. The number of aromatic hydroxyl groups is 1. The van der Waals surface area contributed by atoms with Gasteiger partial charge in [0.15, 0.2) is 5.83 Å². The molecule has 2 N–H and O–H groups in total. The van der Waals surface area contributed by atoms with E-state index in [0.29, 0.717) is 6.26 Å². The zero-order chi connectivity index (χ0) is 16.6. The molecule has 1 heterocycles. The maximum absolute atomic E-state index is 12.4. The van der Waals surface area contributed by atoms with Crippen LogP contribution in [0.1, 0.15) is 6.42 Å². The Hall–Kier alpha value is -1.30. The molecule has 0 aromatic carbocycles. The second-order valence-corrected chi connectivity index (χ2v) is 6.52. The summed E-state index contributed by atoms with van der Waals surface area (Å²) in [4.78, 5) is 3.53. The number of rotatable bonds is 4. The van der Waals surface area contributed by atoms with E-state index in [1.54, 1.807) is 0 Å². The predicted molar refractivity (Wildman–Crippen MR) is 69.6 cm³/mol. The Labute approximate surface area is 122 Å². The summed E-state index contributed by atoms with van der Waals surface area (Å²) >= 11 is -1.71.